The van der Waals surface area contributed by atoms with E-state index in [9.17, 15) is 8.42 Å². The van der Waals surface area contributed by atoms with Gasteiger partial charge in [0, 0.05) is 31.5 Å². The normalized spacial score (nSPS) is 18.8. The molecule has 1 aliphatic heterocycles. The van der Waals surface area contributed by atoms with Gasteiger partial charge in [-0.3, -0.25) is 0 Å². The summed E-state index contributed by atoms with van der Waals surface area (Å²) in [5.74, 6) is 0.627. The molecule has 2 N–H and O–H groups in total. The van der Waals surface area contributed by atoms with Crippen LogP contribution in [-0.4, -0.2) is 37.3 Å². The number of hydrogen-bond acceptors (Lipinski definition) is 3. The topological polar surface area (TPSA) is 65.2 Å². The minimum atomic E-state index is -3.32. The van der Waals surface area contributed by atoms with Crippen molar-refractivity contribution in [1.82, 2.24) is 14.6 Å². The number of piperidine rings is 1. The average Bonchev–Trinajstić information content (AvgIpc) is 2.86. The first-order chi connectivity index (χ1) is 9.04. The lowest BCUT2D eigenvalue weighted by Crippen LogP contribution is -2.37. The Balaban J connectivity index is 2.08. The zero-order chi connectivity index (χ0) is 13.9. The van der Waals surface area contributed by atoms with Crippen molar-refractivity contribution in [3.8, 4) is 0 Å². The summed E-state index contributed by atoms with van der Waals surface area (Å²) in [7, 11) is -3.32. The highest BCUT2D eigenvalue weighted by Crippen LogP contribution is 2.23. The zero-order valence-corrected chi connectivity index (χ0v) is 12.5. The third-order valence-electron chi connectivity index (χ3n) is 3.66. The number of rotatable bonds is 5. The van der Waals surface area contributed by atoms with Crippen molar-refractivity contribution in [3.05, 3.63) is 18.0 Å². The molecule has 0 saturated carbocycles. The molecule has 0 radical (unpaired) electrons. The number of aromatic amines is 1. The van der Waals surface area contributed by atoms with Crippen LogP contribution in [0, 0.1) is 5.92 Å². The number of aromatic nitrogens is 1. The molecule has 0 atom stereocenters. The van der Waals surface area contributed by atoms with E-state index in [0.29, 0.717) is 30.4 Å². The molecule has 0 amide bonds. The van der Waals surface area contributed by atoms with E-state index < -0.39 is 10.0 Å². The molecule has 0 aromatic carbocycles. The van der Waals surface area contributed by atoms with Crippen LogP contribution in [0.5, 0.6) is 0 Å². The van der Waals surface area contributed by atoms with Crippen LogP contribution >= 0.6 is 0 Å². The molecule has 19 heavy (non-hydrogen) atoms. The van der Waals surface area contributed by atoms with Gasteiger partial charge in [0.2, 0.25) is 10.0 Å². The van der Waals surface area contributed by atoms with Crippen molar-refractivity contribution < 1.29 is 8.42 Å². The zero-order valence-electron chi connectivity index (χ0n) is 11.6. The standard InChI is InChI=1S/C13H23N3O2S/c1-3-14-9-12-8-13(10-15-12)19(17,18)16-6-4-11(2)5-7-16/h8,10-11,14-15H,3-7,9H2,1-2H3. The fourth-order valence-corrected chi connectivity index (χ4v) is 3.79. The van der Waals surface area contributed by atoms with Crippen molar-refractivity contribution in [2.24, 2.45) is 5.92 Å². The van der Waals surface area contributed by atoms with Gasteiger partial charge < -0.3 is 10.3 Å². The molecule has 0 spiro atoms. The molecule has 1 aromatic rings. The van der Waals surface area contributed by atoms with Crippen LogP contribution in [0.25, 0.3) is 0 Å². The summed E-state index contributed by atoms with van der Waals surface area (Å²) in [5, 5.41) is 3.17. The van der Waals surface area contributed by atoms with Gasteiger partial charge in [0.05, 0.1) is 4.90 Å². The molecule has 108 valence electrons. The third kappa shape index (κ3) is 3.38. The van der Waals surface area contributed by atoms with Crippen molar-refractivity contribution in [1.29, 1.82) is 0 Å². The Labute approximate surface area is 115 Å². The Hall–Kier alpha value is -0.850. The number of nitrogens with zero attached hydrogens (tertiary/aromatic N) is 1. The van der Waals surface area contributed by atoms with Crippen LogP contribution in [0.15, 0.2) is 17.2 Å². The lowest BCUT2D eigenvalue weighted by Gasteiger charge is -2.28. The van der Waals surface area contributed by atoms with E-state index in [2.05, 4.69) is 17.2 Å². The van der Waals surface area contributed by atoms with Gasteiger partial charge in [-0.25, -0.2) is 8.42 Å². The average molecular weight is 285 g/mol. The number of nitrogens with one attached hydrogen (secondary N) is 2. The highest BCUT2D eigenvalue weighted by atomic mass is 32.2. The van der Waals surface area contributed by atoms with Gasteiger partial charge in [0.15, 0.2) is 0 Å². The third-order valence-corrected chi connectivity index (χ3v) is 5.54. The smallest absolute Gasteiger partial charge is 0.244 e. The molecule has 6 heteroatoms. The maximum atomic E-state index is 12.5. The molecule has 1 saturated heterocycles. The first kappa shape index (κ1) is 14.6. The van der Waals surface area contributed by atoms with E-state index >= 15 is 0 Å². The summed E-state index contributed by atoms with van der Waals surface area (Å²) in [5.41, 5.74) is 0.908. The molecule has 1 fully saturated rings. The highest BCUT2D eigenvalue weighted by molar-refractivity contribution is 7.89. The molecule has 0 unspecified atom stereocenters. The molecule has 1 aliphatic rings. The maximum Gasteiger partial charge on any atom is 0.244 e. The molecule has 2 rings (SSSR count). The van der Waals surface area contributed by atoms with E-state index in [1.807, 2.05) is 6.92 Å². The van der Waals surface area contributed by atoms with Crippen molar-refractivity contribution >= 4 is 10.0 Å². The van der Waals surface area contributed by atoms with E-state index in [4.69, 9.17) is 0 Å². The SMILES string of the molecule is CCNCc1cc(S(=O)(=O)N2CCC(C)CC2)c[nH]1. The molecular formula is C13H23N3O2S. The quantitative estimate of drug-likeness (QED) is 0.862. The molecular weight excluding hydrogens is 262 g/mol. The van der Waals surface area contributed by atoms with Gasteiger partial charge in [0.25, 0.3) is 0 Å². The van der Waals surface area contributed by atoms with Gasteiger partial charge >= 0.3 is 0 Å². The van der Waals surface area contributed by atoms with Crippen LogP contribution in [-0.2, 0) is 16.6 Å². The Morgan fingerprint density at radius 2 is 2.11 bits per heavy atom. The summed E-state index contributed by atoms with van der Waals surface area (Å²) in [6, 6.07) is 1.73. The molecule has 5 nitrogen and oxygen atoms in total. The monoisotopic (exact) mass is 285 g/mol. The van der Waals surface area contributed by atoms with E-state index in [-0.39, 0.29) is 0 Å². The number of H-pyrrole nitrogens is 1. The summed E-state index contributed by atoms with van der Waals surface area (Å²) in [6.07, 6.45) is 3.50. The fourth-order valence-electron chi connectivity index (χ4n) is 2.30. The van der Waals surface area contributed by atoms with Gasteiger partial charge in [0.1, 0.15) is 0 Å². The second-order valence-corrected chi connectivity index (χ2v) is 7.17. The van der Waals surface area contributed by atoms with E-state index in [0.717, 1.165) is 25.1 Å². The first-order valence-corrected chi connectivity index (χ1v) is 8.36. The van der Waals surface area contributed by atoms with Crippen molar-refractivity contribution in [2.45, 2.75) is 38.1 Å². The molecule has 1 aromatic heterocycles. The minimum absolute atomic E-state index is 0.384. The van der Waals surface area contributed by atoms with Crippen LogP contribution in [0.1, 0.15) is 32.4 Å². The lowest BCUT2D eigenvalue weighted by atomic mass is 10.0. The minimum Gasteiger partial charge on any atom is -0.363 e. The summed E-state index contributed by atoms with van der Waals surface area (Å²) >= 11 is 0. The Bertz CT molecular complexity index is 502. The van der Waals surface area contributed by atoms with Gasteiger partial charge in [-0.2, -0.15) is 4.31 Å². The molecule has 0 bridgehead atoms. The summed E-state index contributed by atoms with van der Waals surface area (Å²) in [4.78, 5) is 3.41. The summed E-state index contributed by atoms with van der Waals surface area (Å²) < 4.78 is 26.5. The molecule has 0 aliphatic carbocycles. The predicted octanol–water partition coefficient (Wildman–Crippen LogP) is 1.54. The van der Waals surface area contributed by atoms with E-state index in [1.165, 1.54) is 0 Å². The Morgan fingerprint density at radius 1 is 1.42 bits per heavy atom. The second kappa shape index (κ2) is 6.07. The number of sulfonamides is 1. The second-order valence-electron chi connectivity index (χ2n) is 5.23. The van der Waals surface area contributed by atoms with Crippen LogP contribution in [0.2, 0.25) is 0 Å². The lowest BCUT2D eigenvalue weighted by molar-refractivity contribution is 0.288. The summed E-state index contributed by atoms with van der Waals surface area (Å²) in [6.45, 7) is 7.01. The Morgan fingerprint density at radius 3 is 2.74 bits per heavy atom. The first-order valence-electron chi connectivity index (χ1n) is 6.92. The van der Waals surface area contributed by atoms with Crippen LogP contribution in [0.4, 0.5) is 0 Å². The van der Waals surface area contributed by atoms with Crippen LogP contribution < -0.4 is 5.32 Å². The van der Waals surface area contributed by atoms with Crippen molar-refractivity contribution in [3.63, 3.8) is 0 Å². The van der Waals surface area contributed by atoms with E-state index in [1.54, 1.807) is 16.6 Å². The van der Waals surface area contributed by atoms with Gasteiger partial charge in [-0.15, -0.1) is 0 Å². The van der Waals surface area contributed by atoms with Gasteiger partial charge in [-0.05, 0) is 31.4 Å². The number of hydrogen-bond donors (Lipinski definition) is 2. The van der Waals surface area contributed by atoms with Crippen LogP contribution in [0.3, 0.4) is 0 Å². The Kier molecular flexibility index (Phi) is 4.65. The maximum absolute atomic E-state index is 12.5. The predicted molar refractivity (Wildman–Crippen MR) is 75.3 cm³/mol. The molecule has 2 heterocycles. The van der Waals surface area contributed by atoms with Gasteiger partial charge in [-0.1, -0.05) is 13.8 Å². The highest BCUT2D eigenvalue weighted by Gasteiger charge is 2.28. The largest absolute Gasteiger partial charge is 0.363 e. The fraction of sp³-hybridized carbons (Fsp3) is 0.692. The van der Waals surface area contributed by atoms with Crippen molar-refractivity contribution in [2.75, 3.05) is 19.6 Å².